The number of hydrogen-bond acceptors (Lipinski definition) is 2. The van der Waals surface area contributed by atoms with Gasteiger partial charge in [0, 0.05) is 5.56 Å². The monoisotopic (exact) mass is 138 g/mol. The van der Waals surface area contributed by atoms with Crippen LogP contribution in [0.25, 0.3) is 0 Å². The molecule has 0 amide bonds. The fraction of sp³-hybridized carbons (Fsp3) is 0.375. The van der Waals surface area contributed by atoms with Crippen LogP contribution in [0.2, 0.25) is 0 Å². The number of carbonyl (C=O) groups is 1. The number of furan rings is 1. The molecule has 2 heteroatoms. The Labute approximate surface area is 59.8 Å². The molecule has 0 aliphatic heterocycles. The van der Waals surface area contributed by atoms with E-state index in [1.807, 2.05) is 6.07 Å². The molecule has 0 atom stereocenters. The number of hydrogen-bond donors (Lipinski definition) is 0. The van der Waals surface area contributed by atoms with Crippen molar-refractivity contribution in [1.82, 2.24) is 0 Å². The zero-order valence-electron chi connectivity index (χ0n) is 5.96. The first-order chi connectivity index (χ1) is 4.88. The van der Waals surface area contributed by atoms with E-state index in [0.717, 1.165) is 24.7 Å². The second-order valence-electron chi connectivity index (χ2n) is 2.18. The van der Waals surface area contributed by atoms with E-state index in [0.29, 0.717) is 5.76 Å². The summed E-state index contributed by atoms with van der Waals surface area (Å²) in [7, 11) is 0. The second-order valence-corrected chi connectivity index (χ2v) is 2.18. The van der Waals surface area contributed by atoms with Gasteiger partial charge in [0.15, 0.2) is 12.0 Å². The molecule has 10 heavy (non-hydrogen) atoms. The zero-order valence-corrected chi connectivity index (χ0v) is 5.96. The Balaban J connectivity index is 2.79. The van der Waals surface area contributed by atoms with Crippen LogP contribution in [-0.4, -0.2) is 6.29 Å². The lowest BCUT2D eigenvalue weighted by atomic mass is 10.1. The Morgan fingerprint density at radius 3 is 3.10 bits per heavy atom. The Kier molecular flexibility index (Phi) is 2.26. The van der Waals surface area contributed by atoms with E-state index < -0.39 is 0 Å². The van der Waals surface area contributed by atoms with Gasteiger partial charge in [-0.15, -0.1) is 0 Å². The van der Waals surface area contributed by atoms with E-state index in [-0.39, 0.29) is 0 Å². The number of carbonyl (C=O) groups excluding carboxylic acids is 1. The van der Waals surface area contributed by atoms with Crippen LogP contribution in [0.5, 0.6) is 0 Å². The molecule has 1 heterocycles. The standard InChI is InChI=1S/C8H10O2/c1-2-3-7-4-5-10-8(7)6-9/h4-6H,2-3H2,1H3. The molecule has 0 fully saturated rings. The van der Waals surface area contributed by atoms with Gasteiger partial charge in [-0.1, -0.05) is 13.3 Å². The lowest BCUT2D eigenvalue weighted by Crippen LogP contribution is -1.84. The molecule has 0 aromatic carbocycles. The fourth-order valence-electron chi connectivity index (χ4n) is 0.927. The normalized spacial score (nSPS) is 9.70. The Hall–Kier alpha value is -1.05. The second kappa shape index (κ2) is 3.20. The first kappa shape index (κ1) is 7.06. The van der Waals surface area contributed by atoms with Crippen molar-refractivity contribution in [1.29, 1.82) is 0 Å². The minimum absolute atomic E-state index is 0.474. The summed E-state index contributed by atoms with van der Waals surface area (Å²) in [4.78, 5) is 10.3. The van der Waals surface area contributed by atoms with Crippen molar-refractivity contribution >= 4 is 6.29 Å². The molecule has 0 saturated heterocycles. The maximum atomic E-state index is 10.3. The van der Waals surface area contributed by atoms with Gasteiger partial charge in [0.25, 0.3) is 0 Å². The van der Waals surface area contributed by atoms with Crippen molar-refractivity contribution in [2.45, 2.75) is 19.8 Å². The predicted molar refractivity (Wildman–Crippen MR) is 38.1 cm³/mol. The molecule has 0 aliphatic carbocycles. The van der Waals surface area contributed by atoms with Gasteiger partial charge in [0.1, 0.15) is 0 Å². The van der Waals surface area contributed by atoms with Gasteiger partial charge in [-0.2, -0.15) is 0 Å². The van der Waals surface area contributed by atoms with E-state index in [1.54, 1.807) is 6.26 Å². The van der Waals surface area contributed by atoms with Gasteiger partial charge in [-0.05, 0) is 12.5 Å². The molecule has 2 nitrogen and oxygen atoms in total. The summed E-state index contributed by atoms with van der Waals surface area (Å²) >= 11 is 0. The third-order valence-electron chi connectivity index (χ3n) is 1.41. The maximum Gasteiger partial charge on any atom is 0.185 e. The van der Waals surface area contributed by atoms with Crippen LogP contribution in [0.1, 0.15) is 29.5 Å². The predicted octanol–water partition coefficient (Wildman–Crippen LogP) is 2.04. The van der Waals surface area contributed by atoms with Crippen LogP contribution in [-0.2, 0) is 6.42 Å². The average Bonchev–Trinajstić information content (AvgIpc) is 2.36. The highest BCUT2D eigenvalue weighted by atomic mass is 16.3. The van der Waals surface area contributed by atoms with E-state index in [2.05, 4.69) is 6.92 Å². The molecule has 0 aliphatic rings. The van der Waals surface area contributed by atoms with Crippen molar-refractivity contribution < 1.29 is 9.21 Å². The van der Waals surface area contributed by atoms with E-state index in [1.165, 1.54) is 0 Å². The molecule has 1 rings (SSSR count). The molecular weight excluding hydrogens is 128 g/mol. The molecule has 0 N–H and O–H groups in total. The van der Waals surface area contributed by atoms with Gasteiger partial charge >= 0.3 is 0 Å². The van der Waals surface area contributed by atoms with Gasteiger partial charge in [0.05, 0.1) is 6.26 Å². The summed E-state index contributed by atoms with van der Waals surface area (Å²) < 4.78 is 4.90. The Morgan fingerprint density at radius 2 is 2.50 bits per heavy atom. The summed E-state index contributed by atoms with van der Waals surface area (Å²) in [5, 5.41) is 0. The molecule has 1 aromatic heterocycles. The highest BCUT2D eigenvalue weighted by Gasteiger charge is 2.01. The van der Waals surface area contributed by atoms with Crippen molar-refractivity contribution in [2.75, 3.05) is 0 Å². The van der Waals surface area contributed by atoms with Gasteiger partial charge < -0.3 is 4.42 Å². The Bertz CT molecular complexity index is 213. The summed E-state index contributed by atoms with van der Waals surface area (Å²) in [6.07, 6.45) is 4.27. The lowest BCUT2D eigenvalue weighted by Gasteiger charge is -1.90. The Morgan fingerprint density at radius 1 is 1.70 bits per heavy atom. The minimum atomic E-state index is 0.474. The average molecular weight is 138 g/mol. The quantitative estimate of drug-likeness (QED) is 0.598. The van der Waals surface area contributed by atoms with Crippen molar-refractivity contribution in [3.05, 3.63) is 23.7 Å². The van der Waals surface area contributed by atoms with Crippen molar-refractivity contribution in [2.24, 2.45) is 0 Å². The summed E-state index contributed by atoms with van der Waals surface area (Å²) in [5.74, 6) is 0.474. The number of aryl methyl sites for hydroxylation is 1. The van der Waals surface area contributed by atoms with Gasteiger partial charge in [-0.25, -0.2) is 0 Å². The van der Waals surface area contributed by atoms with Crippen molar-refractivity contribution in [3.63, 3.8) is 0 Å². The summed E-state index contributed by atoms with van der Waals surface area (Å²) in [5.41, 5.74) is 1.01. The van der Waals surface area contributed by atoms with Crippen LogP contribution in [0.3, 0.4) is 0 Å². The third kappa shape index (κ3) is 1.26. The third-order valence-corrected chi connectivity index (χ3v) is 1.41. The van der Waals surface area contributed by atoms with E-state index in [9.17, 15) is 4.79 Å². The smallest absolute Gasteiger partial charge is 0.185 e. The number of rotatable bonds is 3. The van der Waals surface area contributed by atoms with Gasteiger partial charge in [-0.3, -0.25) is 4.79 Å². The SMILES string of the molecule is CCCc1ccoc1C=O. The van der Waals surface area contributed by atoms with Crippen LogP contribution in [0.15, 0.2) is 16.7 Å². The molecule has 0 bridgehead atoms. The van der Waals surface area contributed by atoms with Crippen LogP contribution >= 0.6 is 0 Å². The first-order valence-electron chi connectivity index (χ1n) is 3.40. The molecule has 0 saturated carbocycles. The molecule has 0 spiro atoms. The molecule has 54 valence electrons. The lowest BCUT2D eigenvalue weighted by molar-refractivity contribution is 0.109. The van der Waals surface area contributed by atoms with E-state index >= 15 is 0 Å². The van der Waals surface area contributed by atoms with Gasteiger partial charge in [0.2, 0.25) is 0 Å². The maximum absolute atomic E-state index is 10.3. The topological polar surface area (TPSA) is 30.2 Å². The van der Waals surface area contributed by atoms with Crippen LogP contribution < -0.4 is 0 Å². The summed E-state index contributed by atoms with van der Waals surface area (Å²) in [6, 6.07) is 1.84. The molecule has 0 radical (unpaired) electrons. The highest BCUT2D eigenvalue weighted by molar-refractivity contribution is 5.72. The molecule has 0 unspecified atom stereocenters. The van der Waals surface area contributed by atoms with Crippen LogP contribution in [0.4, 0.5) is 0 Å². The van der Waals surface area contributed by atoms with E-state index in [4.69, 9.17) is 4.42 Å². The largest absolute Gasteiger partial charge is 0.461 e. The first-order valence-corrected chi connectivity index (χ1v) is 3.40. The zero-order chi connectivity index (χ0) is 7.40. The fourth-order valence-corrected chi connectivity index (χ4v) is 0.927. The number of aldehydes is 1. The summed E-state index contributed by atoms with van der Waals surface area (Å²) in [6.45, 7) is 2.07. The molecular formula is C8H10O2. The van der Waals surface area contributed by atoms with Crippen molar-refractivity contribution in [3.8, 4) is 0 Å². The minimum Gasteiger partial charge on any atom is -0.461 e. The highest BCUT2D eigenvalue weighted by Crippen LogP contribution is 2.09. The molecule has 1 aromatic rings. The van der Waals surface area contributed by atoms with Crippen LogP contribution in [0, 0.1) is 0 Å².